The summed E-state index contributed by atoms with van der Waals surface area (Å²) in [4.78, 5) is 12.6. The first kappa shape index (κ1) is 71.5. The molecule has 0 aromatic rings. The number of hydrogen-bond donors (Lipinski definition) is 5. The van der Waals surface area contributed by atoms with Crippen LogP contribution >= 0.6 is 0 Å². The fourth-order valence-electron chi connectivity index (χ4n) is 10.4. The molecule has 0 fully saturated rings. The number of allylic oxidation sites excluding steroid dienone is 6. The van der Waals surface area contributed by atoms with Crippen molar-refractivity contribution in [2.75, 3.05) is 6.61 Å². The van der Waals surface area contributed by atoms with E-state index in [9.17, 15) is 25.2 Å². The van der Waals surface area contributed by atoms with Crippen molar-refractivity contribution in [3.05, 3.63) is 36.5 Å². The molecule has 0 spiro atoms. The van der Waals surface area contributed by atoms with Crippen LogP contribution in [-0.4, -0.2) is 57.3 Å². The van der Waals surface area contributed by atoms with Gasteiger partial charge in [0.15, 0.2) is 0 Å². The van der Waals surface area contributed by atoms with Gasteiger partial charge in [-0.2, -0.15) is 0 Å². The lowest BCUT2D eigenvalue weighted by Gasteiger charge is -2.27. The molecule has 0 aliphatic heterocycles. The van der Waals surface area contributed by atoms with Gasteiger partial charge in [-0.15, -0.1) is 0 Å². The van der Waals surface area contributed by atoms with Crippen LogP contribution in [0.4, 0.5) is 0 Å². The molecule has 0 aliphatic carbocycles. The molecule has 73 heavy (non-hydrogen) atoms. The Hall–Kier alpha value is -1.47. The first-order valence-corrected chi connectivity index (χ1v) is 32.9. The maximum absolute atomic E-state index is 12.6. The summed E-state index contributed by atoms with van der Waals surface area (Å²) in [5.74, 6) is -0.594. The first-order chi connectivity index (χ1) is 36.0. The van der Waals surface area contributed by atoms with Crippen molar-refractivity contribution < 1.29 is 25.2 Å². The molecule has 0 aromatic heterocycles. The lowest BCUT2D eigenvalue weighted by atomic mass is 10.00. The molecule has 4 unspecified atom stereocenters. The van der Waals surface area contributed by atoms with Gasteiger partial charge in [0.1, 0.15) is 12.2 Å². The summed E-state index contributed by atoms with van der Waals surface area (Å²) in [6.45, 7) is 4.07. The average molecular weight is 1030 g/mol. The van der Waals surface area contributed by atoms with Gasteiger partial charge >= 0.3 is 0 Å². The van der Waals surface area contributed by atoms with Crippen molar-refractivity contribution in [3.8, 4) is 0 Å². The monoisotopic (exact) mass is 1030 g/mol. The third-order valence-corrected chi connectivity index (χ3v) is 15.6. The number of carbonyl (C=O) groups excluding carboxylic acids is 1. The number of unbranched alkanes of at least 4 members (excludes halogenated alkanes) is 46. The molecule has 0 saturated heterocycles. The van der Waals surface area contributed by atoms with Crippen LogP contribution in [-0.2, 0) is 4.79 Å². The van der Waals surface area contributed by atoms with Crippen molar-refractivity contribution in [2.45, 2.75) is 379 Å². The summed E-state index contributed by atoms with van der Waals surface area (Å²) in [5, 5.41) is 44.0. The molecule has 0 radical (unpaired) electrons. The lowest BCUT2D eigenvalue weighted by Crippen LogP contribution is -2.53. The SMILES string of the molecule is CCCCCCCC/C=C/CC/C=C/CC/C=C/CCCC(O)C(O)C(CO)NC(=O)C(O)CCCCCCCCCCCCCCCCCCCCCCCCCCCCCCCCCCCCCCCC. The van der Waals surface area contributed by atoms with Crippen molar-refractivity contribution >= 4 is 5.91 Å². The minimum atomic E-state index is -1.29. The molecule has 4 atom stereocenters. The third-order valence-electron chi connectivity index (χ3n) is 15.6. The molecule has 0 aromatic carbocycles. The third kappa shape index (κ3) is 55.1. The summed E-state index contributed by atoms with van der Waals surface area (Å²) in [6.07, 6.45) is 78.4. The molecular formula is C67H129NO5. The molecule has 6 nitrogen and oxygen atoms in total. The van der Waals surface area contributed by atoms with Gasteiger partial charge in [0.25, 0.3) is 0 Å². The Kier molecular flexibility index (Phi) is 60.1. The van der Waals surface area contributed by atoms with Gasteiger partial charge < -0.3 is 25.7 Å². The average Bonchev–Trinajstić information content (AvgIpc) is 3.40. The molecule has 0 bridgehead atoms. The highest BCUT2D eigenvalue weighted by Crippen LogP contribution is 2.19. The molecule has 0 saturated carbocycles. The summed E-state index contributed by atoms with van der Waals surface area (Å²) < 4.78 is 0. The van der Waals surface area contributed by atoms with Crippen LogP contribution in [0.3, 0.4) is 0 Å². The number of aliphatic hydroxyl groups is 4. The number of amides is 1. The number of rotatable bonds is 61. The largest absolute Gasteiger partial charge is 0.394 e. The van der Waals surface area contributed by atoms with Crippen molar-refractivity contribution in [1.82, 2.24) is 5.32 Å². The summed E-state index contributed by atoms with van der Waals surface area (Å²) in [5.41, 5.74) is 0. The highest BCUT2D eigenvalue weighted by atomic mass is 16.3. The number of aliphatic hydroxyl groups excluding tert-OH is 4. The van der Waals surface area contributed by atoms with Crippen LogP contribution in [0.5, 0.6) is 0 Å². The zero-order valence-corrected chi connectivity index (χ0v) is 49.2. The Labute approximate surface area is 456 Å². The fourth-order valence-corrected chi connectivity index (χ4v) is 10.4. The van der Waals surface area contributed by atoms with Gasteiger partial charge in [0, 0.05) is 0 Å². The normalized spacial score (nSPS) is 13.8. The molecule has 5 N–H and O–H groups in total. The number of carbonyl (C=O) groups is 1. The standard InChI is InChI=1S/C67H129NO5/c1-3-5-7-9-11-13-15-17-19-21-23-24-25-26-27-28-29-30-31-32-33-34-35-36-37-38-39-40-41-43-45-47-49-51-53-55-57-59-61-65(71)67(73)68-63(62-69)66(72)64(70)60-58-56-54-52-50-48-46-44-42-22-20-18-16-14-12-10-8-6-4-2/h18,20,44,46,52,54,63-66,69-72H,3-17,19,21-43,45,47-51,53,55-62H2,1-2H3,(H,68,73)/b20-18+,46-44+,54-52+. The van der Waals surface area contributed by atoms with Crippen molar-refractivity contribution in [1.29, 1.82) is 0 Å². The number of hydrogen-bond acceptors (Lipinski definition) is 5. The summed E-state index contributed by atoms with van der Waals surface area (Å²) >= 11 is 0. The highest BCUT2D eigenvalue weighted by Gasteiger charge is 2.28. The molecule has 0 aliphatic rings. The molecular weight excluding hydrogens is 899 g/mol. The fraction of sp³-hybridized carbons (Fsp3) is 0.896. The van der Waals surface area contributed by atoms with E-state index in [1.807, 2.05) is 0 Å². The Morgan fingerprint density at radius 1 is 0.329 bits per heavy atom. The Bertz CT molecular complexity index is 1150. The maximum atomic E-state index is 12.6. The van der Waals surface area contributed by atoms with Gasteiger partial charge in [0.05, 0.1) is 18.8 Å². The van der Waals surface area contributed by atoms with Crippen LogP contribution in [0.2, 0.25) is 0 Å². The minimum absolute atomic E-state index is 0.362. The van der Waals surface area contributed by atoms with Crippen LogP contribution < -0.4 is 5.32 Å². The minimum Gasteiger partial charge on any atom is -0.394 e. The maximum Gasteiger partial charge on any atom is 0.249 e. The second kappa shape index (κ2) is 61.4. The lowest BCUT2D eigenvalue weighted by molar-refractivity contribution is -0.132. The predicted molar refractivity (Wildman–Crippen MR) is 321 cm³/mol. The van der Waals surface area contributed by atoms with E-state index >= 15 is 0 Å². The Morgan fingerprint density at radius 2 is 0.575 bits per heavy atom. The molecule has 6 heteroatoms. The van der Waals surface area contributed by atoms with E-state index in [0.717, 1.165) is 51.4 Å². The van der Waals surface area contributed by atoms with E-state index in [2.05, 4.69) is 55.6 Å². The number of nitrogens with one attached hydrogen (secondary N) is 1. The summed E-state index contributed by atoms with van der Waals surface area (Å²) in [6, 6.07) is -1.01. The van der Waals surface area contributed by atoms with Gasteiger partial charge in [-0.3, -0.25) is 4.79 Å². The Morgan fingerprint density at radius 3 is 0.863 bits per heavy atom. The van der Waals surface area contributed by atoms with Crippen LogP contribution in [0.25, 0.3) is 0 Å². The van der Waals surface area contributed by atoms with Crippen LogP contribution in [0.15, 0.2) is 36.5 Å². The molecule has 0 rings (SSSR count). The van der Waals surface area contributed by atoms with Gasteiger partial charge in [-0.1, -0.05) is 326 Å². The van der Waals surface area contributed by atoms with E-state index in [1.54, 1.807) is 0 Å². The molecule has 0 heterocycles. The zero-order chi connectivity index (χ0) is 53.0. The van der Waals surface area contributed by atoms with E-state index in [1.165, 1.54) is 270 Å². The highest BCUT2D eigenvalue weighted by molar-refractivity contribution is 5.80. The van der Waals surface area contributed by atoms with Crippen LogP contribution in [0, 0.1) is 0 Å². The second-order valence-corrected chi connectivity index (χ2v) is 22.8. The first-order valence-electron chi connectivity index (χ1n) is 32.9. The molecule has 432 valence electrons. The quantitative estimate of drug-likeness (QED) is 0.0308. The van der Waals surface area contributed by atoms with E-state index in [-0.39, 0.29) is 0 Å². The van der Waals surface area contributed by atoms with Crippen LogP contribution in [0.1, 0.15) is 354 Å². The van der Waals surface area contributed by atoms with E-state index in [0.29, 0.717) is 19.3 Å². The Balaban J connectivity index is 3.53. The zero-order valence-electron chi connectivity index (χ0n) is 49.2. The van der Waals surface area contributed by atoms with Crippen molar-refractivity contribution in [3.63, 3.8) is 0 Å². The summed E-state index contributed by atoms with van der Waals surface area (Å²) in [7, 11) is 0. The van der Waals surface area contributed by atoms with Crippen molar-refractivity contribution in [2.24, 2.45) is 0 Å². The topological polar surface area (TPSA) is 110 Å². The van der Waals surface area contributed by atoms with E-state index in [4.69, 9.17) is 0 Å². The predicted octanol–water partition coefficient (Wildman–Crippen LogP) is 19.9. The smallest absolute Gasteiger partial charge is 0.249 e. The van der Waals surface area contributed by atoms with Gasteiger partial charge in [-0.25, -0.2) is 0 Å². The van der Waals surface area contributed by atoms with E-state index < -0.39 is 36.9 Å². The molecule has 1 amide bonds. The van der Waals surface area contributed by atoms with Gasteiger partial charge in [-0.05, 0) is 64.2 Å². The second-order valence-electron chi connectivity index (χ2n) is 22.8. The van der Waals surface area contributed by atoms with Gasteiger partial charge in [0.2, 0.25) is 5.91 Å².